The maximum Gasteiger partial charge on any atom is 0.303 e. The van der Waals surface area contributed by atoms with Crippen LogP contribution in [0.5, 0.6) is 0 Å². The van der Waals surface area contributed by atoms with Gasteiger partial charge in [-0.05, 0) is 18.8 Å². The molecule has 0 saturated heterocycles. The molecular formula is C9H18O4S. The minimum Gasteiger partial charge on any atom is -0.481 e. The molecule has 0 spiro atoms. The van der Waals surface area contributed by atoms with Crippen molar-refractivity contribution in [1.82, 2.24) is 0 Å². The topological polar surface area (TPSA) is 71.4 Å². The Bertz CT molecular complexity index is 267. The SMILES string of the molecule is CC(C)CS(=O)(=O)CCCCC(=O)O. The van der Waals surface area contributed by atoms with Crippen LogP contribution in [0, 0.1) is 5.92 Å². The van der Waals surface area contributed by atoms with Gasteiger partial charge in [-0.1, -0.05) is 13.8 Å². The van der Waals surface area contributed by atoms with Crippen molar-refractivity contribution in [2.75, 3.05) is 11.5 Å². The van der Waals surface area contributed by atoms with Crippen molar-refractivity contribution in [1.29, 1.82) is 0 Å². The number of carbonyl (C=O) groups is 1. The summed E-state index contributed by atoms with van der Waals surface area (Å²) < 4.78 is 22.7. The first-order valence-electron chi connectivity index (χ1n) is 4.75. The van der Waals surface area contributed by atoms with Crippen LogP contribution < -0.4 is 0 Å². The number of sulfone groups is 1. The van der Waals surface area contributed by atoms with Crippen LogP contribution in [-0.2, 0) is 14.6 Å². The van der Waals surface area contributed by atoms with E-state index < -0.39 is 15.8 Å². The molecule has 0 aromatic heterocycles. The summed E-state index contributed by atoms with van der Waals surface area (Å²) in [5, 5.41) is 8.34. The quantitative estimate of drug-likeness (QED) is 0.659. The monoisotopic (exact) mass is 222 g/mol. The van der Waals surface area contributed by atoms with Gasteiger partial charge in [0, 0.05) is 6.42 Å². The van der Waals surface area contributed by atoms with Gasteiger partial charge < -0.3 is 5.11 Å². The highest BCUT2D eigenvalue weighted by Gasteiger charge is 2.12. The Morgan fingerprint density at radius 3 is 2.29 bits per heavy atom. The van der Waals surface area contributed by atoms with Gasteiger partial charge in [-0.15, -0.1) is 0 Å². The summed E-state index contributed by atoms with van der Waals surface area (Å²) in [6.45, 7) is 3.71. The van der Waals surface area contributed by atoms with Gasteiger partial charge in [0.25, 0.3) is 0 Å². The molecule has 0 heterocycles. The number of carboxylic acids is 1. The van der Waals surface area contributed by atoms with Crippen molar-refractivity contribution >= 4 is 15.8 Å². The first-order valence-corrected chi connectivity index (χ1v) is 6.58. The lowest BCUT2D eigenvalue weighted by Crippen LogP contribution is -2.15. The second-order valence-electron chi connectivity index (χ2n) is 3.86. The zero-order chi connectivity index (χ0) is 11.2. The predicted octanol–water partition coefficient (Wildman–Crippen LogP) is 1.31. The Hall–Kier alpha value is -0.580. The Morgan fingerprint density at radius 1 is 1.29 bits per heavy atom. The zero-order valence-electron chi connectivity index (χ0n) is 8.69. The molecule has 14 heavy (non-hydrogen) atoms. The Morgan fingerprint density at radius 2 is 1.86 bits per heavy atom. The van der Waals surface area contributed by atoms with Crippen LogP contribution in [0.3, 0.4) is 0 Å². The molecular weight excluding hydrogens is 204 g/mol. The van der Waals surface area contributed by atoms with E-state index in [2.05, 4.69) is 0 Å². The molecule has 84 valence electrons. The van der Waals surface area contributed by atoms with Crippen LogP contribution in [0.4, 0.5) is 0 Å². The molecule has 0 radical (unpaired) electrons. The standard InChI is InChI=1S/C9H18O4S/c1-8(2)7-14(12,13)6-4-3-5-9(10)11/h8H,3-7H2,1-2H3,(H,10,11). The van der Waals surface area contributed by atoms with Crippen molar-refractivity contribution in [3.63, 3.8) is 0 Å². The molecule has 0 aromatic carbocycles. The fraction of sp³-hybridized carbons (Fsp3) is 0.889. The third-order valence-corrected chi connectivity index (χ3v) is 3.77. The molecule has 0 aliphatic carbocycles. The second kappa shape index (κ2) is 6.01. The Kier molecular flexibility index (Phi) is 5.76. The van der Waals surface area contributed by atoms with Crippen LogP contribution in [-0.4, -0.2) is 31.0 Å². The van der Waals surface area contributed by atoms with E-state index in [0.717, 1.165) is 0 Å². The van der Waals surface area contributed by atoms with Gasteiger partial charge in [0.1, 0.15) is 0 Å². The van der Waals surface area contributed by atoms with E-state index in [0.29, 0.717) is 12.8 Å². The zero-order valence-corrected chi connectivity index (χ0v) is 9.51. The summed E-state index contributed by atoms with van der Waals surface area (Å²) in [7, 11) is -2.97. The Labute approximate surface area is 85.2 Å². The number of aliphatic carboxylic acids is 1. The lowest BCUT2D eigenvalue weighted by Gasteiger charge is -2.05. The van der Waals surface area contributed by atoms with Crippen molar-refractivity contribution in [2.45, 2.75) is 33.1 Å². The second-order valence-corrected chi connectivity index (χ2v) is 6.09. The summed E-state index contributed by atoms with van der Waals surface area (Å²) in [6.07, 6.45) is 0.936. The number of rotatable bonds is 7. The van der Waals surface area contributed by atoms with E-state index >= 15 is 0 Å². The molecule has 0 saturated carbocycles. The lowest BCUT2D eigenvalue weighted by molar-refractivity contribution is -0.137. The molecule has 0 aromatic rings. The molecule has 0 atom stereocenters. The van der Waals surface area contributed by atoms with Crippen LogP contribution >= 0.6 is 0 Å². The number of hydrogen-bond acceptors (Lipinski definition) is 3. The molecule has 5 heteroatoms. The van der Waals surface area contributed by atoms with Gasteiger partial charge in [-0.3, -0.25) is 4.79 Å². The number of unbranched alkanes of at least 4 members (excludes halogenated alkanes) is 1. The van der Waals surface area contributed by atoms with Crippen LogP contribution in [0.15, 0.2) is 0 Å². The van der Waals surface area contributed by atoms with Crippen LogP contribution in [0.2, 0.25) is 0 Å². The fourth-order valence-corrected chi connectivity index (χ4v) is 3.02. The molecule has 1 N–H and O–H groups in total. The first kappa shape index (κ1) is 13.4. The van der Waals surface area contributed by atoms with E-state index in [1.807, 2.05) is 13.8 Å². The predicted molar refractivity (Wildman–Crippen MR) is 55.0 cm³/mol. The van der Waals surface area contributed by atoms with Gasteiger partial charge in [-0.25, -0.2) is 8.42 Å². The summed E-state index contributed by atoms with van der Waals surface area (Å²) in [5.41, 5.74) is 0. The summed E-state index contributed by atoms with van der Waals surface area (Å²) in [5.74, 6) is -0.427. The Balaban J connectivity index is 3.72. The number of hydrogen-bond donors (Lipinski definition) is 1. The van der Waals surface area contributed by atoms with Gasteiger partial charge in [0.15, 0.2) is 9.84 Å². The highest BCUT2D eigenvalue weighted by molar-refractivity contribution is 7.91. The third-order valence-electron chi connectivity index (χ3n) is 1.68. The average molecular weight is 222 g/mol. The molecule has 0 unspecified atom stereocenters. The molecule has 0 bridgehead atoms. The molecule has 4 nitrogen and oxygen atoms in total. The van der Waals surface area contributed by atoms with E-state index in [4.69, 9.17) is 5.11 Å². The van der Waals surface area contributed by atoms with E-state index in [1.165, 1.54) is 0 Å². The van der Waals surface area contributed by atoms with E-state index in [1.54, 1.807) is 0 Å². The van der Waals surface area contributed by atoms with Crippen molar-refractivity contribution in [3.8, 4) is 0 Å². The average Bonchev–Trinajstić information content (AvgIpc) is 1.95. The summed E-state index contributed by atoms with van der Waals surface area (Å²) >= 11 is 0. The van der Waals surface area contributed by atoms with Crippen molar-refractivity contribution in [2.24, 2.45) is 5.92 Å². The minimum atomic E-state index is -2.97. The molecule has 0 fully saturated rings. The molecule has 0 rings (SSSR count). The first-order chi connectivity index (χ1) is 6.33. The fourth-order valence-electron chi connectivity index (χ4n) is 1.19. The normalized spacial score (nSPS) is 11.9. The minimum absolute atomic E-state index is 0.0528. The third kappa shape index (κ3) is 8.04. The number of carboxylic acid groups (broad SMARTS) is 1. The van der Waals surface area contributed by atoms with Gasteiger partial charge in [-0.2, -0.15) is 0 Å². The molecule has 0 aliphatic rings. The van der Waals surface area contributed by atoms with Crippen molar-refractivity contribution in [3.05, 3.63) is 0 Å². The van der Waals surface area contributed by atoms with Crippen molar-refractivity contribution < 1.29 is 18.3 Å². The maximum atomic E-state index is 11.3. The summed E-state index contributed by atoms with van der Waals surface area (Å²) in [6, 6.07) is 0. The maximum absolute atomic E-state index is 11.3. The van der Waals surface area contributed by atoms with Gasteiger partial charge in [0.05, 0.1) is 11.5 Å². The highest BCUT2D eigenvalue weighted by atomic mass is 32.2. The lowest BCUT2D eigenvalue weighted by atomic mass is 10.2. The van der Waals surface area contributed by atoms with Crippen LogP contribution in [0.1, 0.15) is 33.1 Å². The van der Waals surface area contributed by atoms with E-state index in [-0.39, 0.29) is 23.8 Å². The van der Waals surface area contributed by atoms with Gasteiger partial charge in [0.2, 0.25) is 0 Å². The van der Waals surface area contributed by atoms with E-state index in [9.17, 15) is 13.2 Å². The summed E-state index contributed by atoms with van der Waals surface area (Å²) in [4.78, 5) is 10.2. The van der Waals surface area contributed by atoms with Gasteiger partial charge >= 0.3 is 5.97 Å². The van der Waals surface area contributed by atoms with Crippen LogP contribution in [0.25, 0.3) is 0 Å². The highest BCUT2D eigenvalue weighted by Crippen LogP contribution is 2.05. The largest absolute Gasteiger partial charge is 0.481 e. The smallest absolute Gasteiger partial charge is 0.303 e. The molecule has 0 amide bonds. The molecule has 0 aliphatic heterocycles.